The van der Waals surface area contributed by atoms with E-state index in [0.29, 0.717) is 0 Å². The van der Waals surface area contributed by atoms with Crippen molar-refractivity contribution in [1.82, 2.24) is 15.3 Å². The van der Waals surface area contributed by atoms with Gasteiger partial charge in [-0.2, -0.15) is 0 Å². The average Bonchev–Trinajstić information content (AvgIpc) is 2.66. The van der Waals surface area contributed by atoms with Gasteiger partial charge in [0, 0.05) is 32.7 Å². The molecular weight excluding hydrogens is 222 g/mol. The van der Waals surface area contributed by atoms with Crippen LogP contribution < -0.4 is 5.32 Å². The molecule has 3 nitrogen and oxygen atoms in total. The van der Waals surface area contributed by atoms with Gasteiger partial charge in [0.25, 0.3) is 0 Å². The summed E-state index contributed by atoms with van der Waals surface area (Å²) in [5.74, 6) is 0. The third-order valence-electron chi connectivity index (χ3n) is 3.76. The Hall–Kier alpha value is -0.120. The molecule has 1 N–H and O–H groups in total. The van der Waals surface area contributed by atoms with Gasteiger partial charge < -0.3 is 5.32 Å². The molecule has 0 aromatic carbocycles. The van der Waals surface area contributed by atoms with Crippen LogP contribution in [0.25, 0.3) is 0 Å². The maximum absolute atomic E-state index is 3.50. The summed E-state index contributed by atoms with van der Waals surface area (Å²) in [5.41, 5.74) is 0. The fourth-order valence-electron chi connectivity index (χ4n) is 2.60. The highest BCUT2D eigenvalue weighted by molar-refractivity contribution is 4.66. The van der Waals surface area contributed by atoms with E-state index in [1.54, 1.807) is 0 Å². The number of unbranched alkanes of at least 4 members (excludes halogenated alkanes) is 4. The molecule has 0 radical (unpaired) electrons. The lowest BCUT2D eigenvalue weighted by atomic mass is 10.2. The molecule has 0 spiro atoms. The summed E-state index contributed by atoms with van der Waals surface area (Å²) < 4.78 is 0. The van der Waals surface area contributed by atoms with Crippen LogP contribution in [0, 0.1) is 0 Å². The largest absolute Gasteiger partial charge is 0.315 e. The molecule has 1 rings (SSSR count). The molecule has 0 unspecified atom stereocenters. The molecule has 3 heteroatoms. The number of nitrogens with zero attached hydrogens (tertiary/aromatic N) is 2. The minimum Gasteiger partial charge on any atom is -0.315 e. The number of hydrazine groups is 1. The van der Waals surface area contributed by atoms with Crippen molar-refractivity contribution >= 4 is 0 Å². The van der Waals surface area contributed by atoms with E-state index in [9.17, 15) is 0 Å². The van der Waals surface area contributed by atoms with Gasteiger partial charge in [-0.1, -0.05) is 39.5 Å². The Bertz CT molecular complexity index is 167. The van der Waals surface area contributed by atoms with Crippen molar-refractivity contribution in [3.63, 3.8) is 0 Å². The lowest BCUT2D eigenvalue weighted by molar-refractivity contribution is -0.0224. The van der Waals surface area contributed by atoms with Gasteiger partial charge in [0.05, 0.1) is 0 Å². The topological polar surface area (TPSA) is 18.5 Å². The predicted octanol–water partition coefficient (Wildman–Crippen LogP) is 2.88. The molecule has 0 aliphatic carbocycles. The maximum atomic E-state index is 3.50. The quantitative estimate of drug-likeness (QED) is 0.639. The third kappa shape index (κ3) is 6.72. The molecule has 0 saturated carbocycles. The van der Waals surface area contributed by atoms with Crippen LogP contribution in [0.2, 0.25) is 0 Å². The Kier molecular flexibility index (Phi) is 9.54. The molecule has 1 aliphatic rings. The fraction of sp³-hybridized carbons (Fsp3) is 1.00. The lowest BCUT2D eigenvalue weighted by Crippen LogP contribution is -2.45. The Morgan fingerprint density at radius 3 is 2.17 bits per heavy atom. The second-order valence-corrected chi connectivity index (χ2v) is 5.43. The van der Waals surface area contributed by atoms with Crippen LogP contribution in [0.5, 0.6) is 0 Å². The zero-order valence-electron chi connectivity index (χ0n) is 12.6. The highest BCUT2D eigenvalue weighted by Crippen LogP contribution is 2.08. The zero-order chi connectivity index (χ0) is 13.1. The van der Waals surface area contributed by atoms with Gasteiger partial charge in [-0.3, -0.25) is 0 Å². The van der Waals surface area contributed by atoms with Crippen molar-refractivity contribution in [2.45, 2.75) is 58.8 Å². The second-order valence-electron chi connectivity index (χ2n) is 5.43. The number of nitrogens with one attached hydrogen (secondary N) is 1. The Morgan fingerprint density at radius 1 is 0.889 bits per heavy atom. The van der Waals surface area contributed by atoms with Crippen LogP contribution in [0.1, 0.15) is 58.8 Å². The summed E-state index contributed by atoms with van der Waals surface area (Å²) >= 11 is 0. The van der Waals surface area contributed by atoms with Crippen LogP contribution in [-0.4, -0.2) is 49.3 Å². The summed E-state index contributed by atoms with van der Waals surface area (Å²) in [5, 5.41) is 8.74. The van der Waals surface area contributed by atoms with Crippen LogP contribution in [0.15, 0.2) is 0 Å². The van der Waals surface area contributed by atoms with Gasteiger partial charge >= 0.3 is 0 Å². The first kappa shape index (κ1) is 15.9. The second kappa shape index (κ2) is 10.8. The summed E-state index contributed by atoms with van der Waals surface area (Å²) in [6, 6.07) is 0. The molecule has 0 aromatic heterocycles. The molecule has 108 valence electrons. The molecule has 0 amide bonds. The van der Waals surface area contributed by atoms with Crippen LogP contribution in [0.4, 0.5) is 0 Å². The Labute approximate surface area is 114 Å². The van der Waals surface area contributed by atoms with E-state index in [1.807, 2.05) is 0 Å². The molecule has 1 heterocycles. The third-order valence-corrected chi connectivity index (χ3v) is 3.76. The molecule has 1 fully saturated rings. The standard InChI is InChI=1S/C15H33N3/c1-3-5-7-12-17(13-8-6-4-2)18-14-9-10-16-11-15-18/h16H,3-15H2,1-2H3. The average molecular weight is 255 g/mol. The van der Waals surface area contributed by atoms with Gasteiger partial charge in [-0.15, -0.1) is 0 Å². The number of rotatable bonds is 9. The smallest absolute Gasteiger partial charge is 0.0258 e. The van der Waals surface area contributed by atoms with Crippen LogP contribution in [-0.2, 0) is 0 Å². The van der Waals surface area contributed by atoms with E-state index < -0.39 is 0 Å². The Morgan fingerprint density at radius 2 is 1.56 bits per heavy atom. The van der Waals surface area contributed by atoms with Crippen molar-refractivity contribution in [1.29, 1.82) is 0 Å². The van der Waals surface area contributed by atoms with Crippen LogP contribution in [0.3, 0.4) is 0 Å². The Balaban J connectivity index is 2.34. The molecule has 0 atom stereocenters. The van der Waals surface area contributed by atoms with E-state index in [-0.39, 0.29) is 0 Å². The van der Waals surface area contributed by atoms with Gasteiger partial charge in [0.2, 0.25) is 0 Å². The van der Waals surface area contributed by atoms with Crippen molar-refractivity contribution in [3.8, 4) is 0 Å². The first-order valence-corrected chi connectivity index (χ1v) is 8.09. The molecule has 0 aromatic rings. The van der Waals surface area contributed by atoms with Crippen molar-refractivity contribution < 1.29 is 0 Å². The number of hydrogen-bond acceptors (Lipinski definition) is 3. The van der Waals surface area contributed by atoms with E-state index in [4.69, 9.17) is 0 Å². The highest BCUT2D eigenvalue weighted by Gasteiger charge is 2.15. The minimum absolute atomic E-state index is 1.15. The summed E-state index contributed by atoms with van der Waals surface area (Å²) in [6.45, 7) is 11.9. The van der Waals surface area contributed by atoms with Gasteiger partial charge in [-0.05, 0) is 25.8 Å². The first-order chi connectivity index (χ1) is 8.88. The van der Waals surface area contributed by atoms with Crippen molar-refractivity contribution in [2.75, 3.05) is 39.3 Å². The van der Waals surface area contributed by atoms with Crippen molar-refractivity contribution in [2.24, 2.45) is 0 Å². The summed E-state index contributed by atoms with van der Waals surface area (Å²) in [6.07, 6.45) is 9.39. The van der Waals surface area contributed by atoms with Crippen LogP contribution >= 0.6 is 0 Å². The SMILES string of the molecule is CCCCCN(CCCCC)N1CCCNCC1. The van der Waals surface area contributed by atoms with E-state index >= 15 is 0 Å². The fourth-order valence-corrected chi connectivity index (χ4v) is 2.60. The lowest BCUT2D eigenvalue weighted by Gasteiger charge is -2.34. The molecule has 0 bridgehead atoms. The normalized spacial score (nSPS) is 18.2. The van der Waals surface area contributed by atoms with Gasteiger partial charge in [0.15, 0.2) is 0 Å². The first-order valence-electron chi connectivity index (χ1n) is 8.09. The summed E-state index contributed by atoms with van der Waals surface area (Å²) in [7, 11) is 0. The van der Waals surface area contributed by atoms with Gasteiger partial charge in [0.1, 0.15) is 0 Å². The monoisotopic (exact) mass is 255 g/mol. The molecule has 18 heavy (non-hydrogen) atoms. The van der Waals surface area contributed by atoms with E-state index in [1.165, 1.54) is 77.7 Å². The molecular formula is C15H33N3. The maximum Gasteiger partial charge on any atom is 0.0258 e. The molecule has 1 saturated heterocycles. The molecule has 1 aliphatic heterocycles. The van der Waals surface area contributed by atoms with Gasteiger partial charge in [-0.25, -0.2) is 10.0 Å². The predicted molar refractivity (Wildman–Crippen MR) is 79.7 cm³/mol. The zero-order valence-corrected chi connectivity index (χ0v) is 12.6. The minimum atomic E-state index is 1.15. The number of hydrogen-bond donors (Lipinski definition) is 1. The van der Waals surface area contributed by atoms with Crippen molar-refractivity contribution in [3.05, 3.63) is 0 Å². The van der Waals surface area contributed by atoms with E-state index in [0.717, 1.165) is 6.54 Å². The van der Waals surface area contributed by atoms with E-state index in [2.05, 4.69) is 29.2 Å². The summed E-state index contributed by atoms with van der Waals surface area (Å²) in [4.78, 5) is 0. The highest BCUT2D eigenvalue weighted by atomic mass is 15.6.